The number of ether oxygens (including phenoxy) is 2. The number of amides is 1. The number of allylic oxidation sites excluding steroid dienone is 2. The van der Waals surface area contributed by atoms with E-state index in [0.29, 0.717) is 93.2 Å². The third kappa shape index (κ3) is 8.13. The number of nitrogens with zero attached hydrogens (tertiary/aromatic N) is 3. The molecule has 4 rings (SSSR count). The summed E-state index contributed by atoms with van der Waals surface area (Å²) in [4.78, 5) is 53.6. The minimum atomic E-state index is -0.690. The molecule has 0 aliphatic carbocycles. The van der Waals surface area contributed by atoms with Gasteiger partial charge in [0.15, 0.2) is 5.78 Å². The van der Waals surface area contributed by atoms with Gasteiger partial charge in [0.2, 0.25) is 6.41 Å². The SMILES string of the molecule is COC(=O)C1(c2ccccc2)CCN(CCCN(C=O)C2=C(COCCCN)NC(C)=C(C(C)=O)C2c2ccc([N+](=O)[O-])cc2)CC1. The molecule has 2 aliphatic heterocycles. The molecule has 0 radical (unpaired) electrons. The molecule has 1 fully saturated rings. The monoisotopic (exact) mass is 647 g/mol. The smallest absolute Gasteiger partial charge is 0.316 e. The summed E-state index contributed by atoms with van der Waals surface area (Å²) in [5.41, 5.74) is 8.82. The Bertz CT molecular complexity index is 1480. The maximum atomic E-state index is 13.1. The summed E-state index contributed by atoms with van der Waals surface area (Å²) in [5.74, 6) is -1.05. The molecule has 252 valence electrons. The molecule has 2 heterocycles. The highest BCUT2D eigenvalue weighted by molar-refractivity contribution is 5.97. The van der Waals surface area contributed by atoms with Gasteiger partial charge in [-0.15, -0.1) is 0 Å². The van der Waals surface area contributed by atoms with Gasteiger partial charge >= 0.3 is 5.97 Å². The van der Waals surface area contributed by atoms with Crippen LogP contribution in [0.1, 0.15) is 56.6 Å². The fourth-order valence-electron chi connectivity index (χ4n) is 6.69. The van der Waals surface area contributed by atoms with Crippen molar-refractivity contribution in [1.82, 2.24) is 15.1 Å². The molecule has 0 saturated carbocycles. The number of Topliss-reactive ketones (excluding diaryl/α,β-unsaturated/α-hetero) is 1. The molecule has 2 aromatic rings. The average Bonchev–Trinajstić information content (AvgIpc) is 3.08. The van der Waals surface area contributed by atoms with E-state index >= 15 is 0 Å². The van der Waals surface area contributed by atoms with Crippen LogP contribution in [0.15, 0.2) is 77.3 Å². The van der Waals surface area contributed by atoms with Crippen molar-refractivity contribution in [2.75, 3.05) is 53.0 Å². The Morgan fingerprint density at radius 3 is 2.38 bits per heavy atom. The van der Waals surface area contributed by atoms with E-state index in [1.807, 2.05) is 30.3 Å². The van der Waals surface area contributed by atoms with Crippen LogP contribution in [0, 0.1) is 10.1 Å². The normalized spacial score (nSPS) is 18.0. The van der Waals surface area contributed by atoms with Gasteiger partial charge in [0.1, 0.15) is 0 Å². The first-order valence-electron chi connectivity index (χ1n) is 16.0. The maximum Gasteiger partial charge on any atom is 0.316 e. The van der Waals surface area contributed by atoms with Gasteiger partial charge in [-0.2, -0.15) is 0 Å². The first-order chi connectivity index (χ1) is 22.7. The van der Waals surface area contributed by atoms with Gasteiger partial charge in [0.05, 0.1) is 41.4 Å². The minimum Gasteiger partial charge on any atom is -0.468 e. The van der Waals surface area contributed by atoms with Crippen LogP contribution in [-0.2, 0) is 29.3 Å². The fourth-order valence-corrected chi connectivity index (χ4v) is 6.69. The molecular formula is C35H45N5O7. The number of non-ortho nitro benzene ring substituents is 1. The Kier molecular flexibility index (Phi) is 12.4. The quantitative estimate of drug-likeness (QED) is 0.0904. The number of benzene rings is 2. The summed E-state index contributed by atoms with van der Waals surface area (Å²) in [7, 11) is 1.43. The lowest BCUT2D eigenvalue weighted by Gasteiger charge is -2.40. The van der Waals surface area contributed by atoms with E-state index in [4.69, 9.17) is 15.2 Å². The zero-order valence-corrected chi connectivity index (χ0v) is 27.4. The van der Waals surface area contributed by atoms with Crippen LogP contribution >= 0.6 is 0 Å². The van der Waals surface area contributed by atoms with E-state index in [9.17, 15) is 24.5 Å². The lowest BCUT2D eigenvalue weighted by atomic mass is 9.72. The molecule has 1 atom stereocenters. The standard InChI is InChI=1S/C35H45N5O7/c1-25-31(26(2)42)32(27-11-13-29(14-12-27)40(44)45)33(30(37-25)23-47-22-7-17-36)39(24-41)19-8-18-38-20-15-35(16-21-38,34(43)46-3)28-9-5-4-6-10-28/h4-6,9-14,24,32,37H,7-8,15-23,36H2,1-3H3. The van der Waals surface area contributed by atoms with Gasteiger partial charge in [-0.3, -0.25) is 24.5 Å². The number of nitro benzene ring substituents is 1. The Morgan fingerprint density at radius 1 is 1.13 bits per heavy atom. The molecule has 2 aliphatic rings. The Labute approximate surface area is 275 Å². The topological polar surface area (TPSA) is 157 Å². The largest absolute Gasteiger partial charge is 0.468 e. The van der Waals surface area contributed by atoms with Gasteiger partial charge in [-0.25, -0.2) is 0 Å². The van der Waals surface area contributed by atoms with Gasteiger partial charge < -0.3 is 30.3 Å². The maximum absolute atomic E-state index is 13.1. The highest BCUT2D eigenvalue weighted by Crippen LogP contribution is 2.41. The van der Waals surface area contributed by atoms with Crippen LogP contribution in [0.2, 0.25) is 0 Å². The molecule has 1 unspecified atom stereocenters. The van der Waals surface area contributed by atoms with Crippen molar-refractivity contribution in [1.29, 1.82) is 0 Å². The van der Waals surface area contributed by atoms with Crippen molar-refractivity contribution in [3.05, 3.63) is 98.5 Å². The zero-order chi connectivity index (χ0) is 34.0. The van der Waals surface area contributed by atoms with E-state index in [2.05, 4.69) is 10.2 Å². The summed E-state index contributed by atoms with van der Waals surface area (Å²) < 4.78 is 11.2. The van der Waals surface area contributed by atoms with Crippen molar-refractivity contribution in [2.45, 2.75) is 50.9 Å². The Hall–Kier alpha value is -4.39. The van der Waals surface area contributed by atoms with E-state index in [-0.39, 0.29) is 24.0 Å². The number of nitrogens with one attached hydrogen (secondary N) is 1. The average molecular weight is 648 g/mol. The molecule has 12 nitrogen and oxygen atoms in total. The predicted molar refractivity (Wildman–Crippen MR) is 177 cm³/mol. The Morgan fingerprint density at radius 2 is 1.81 bits per heavy atom. The number of hydrogen-bond acceptors (Lipinski definition) is 10. The summed E-state index contributed by atoms with van der Waals surface area (Å²) in [5, 5.41) is 14.7. The highest BCUT2D eigenvalue weighted by atomic mass is 16.6. The number of dihydropyridines is 1. The number of carbonyl (C=O) groups excluding carboxylic acids is 3. The summed E-state index contributed by atoms with van der Waals surface area (Å²) in [6, 6.07) is 15.8. The van der Waals surface area contributed by atoms with Crippen LogP contribution in [0.4, 0.5) is 5.69 Å². The van der Waals surface area contributed by atoms with Gasteiger partial charge in [-0.1, -0.05) is 42.5 Å². The molecule has 0 spiro atoms. The number of methoxy groups -OCH3 is 1. The predicted octanol–water partition coefficient (Wildman–Crippen LogP) is 3.78. The number of nitrogens with two attached hydrogens (primary N) is 1. The van der Waals surface area contributed by atoms with E-state index in [0.717, 1.165) is 12.0 Å². The summed E-state index contributed by atoms with van der Waals surface area (Å²) in [6.45, 7) is 6.77. The van der Waals surface area contributed by atoms with Crippen molar-refractivity contribution in [3.63, 3.8) is 0 Å². The van der Waals surface area contributed by atoms with Crippen molar-refractivity contribution in [2.24, 2.45) is 5.73 Å². The third-order valence-corrected chi connectivity index (χ3v) is 9.09. The Balaban J connectivity index is 1.57. The number of piperidine rings is 1. The molecule has 0 bridgehead atoms. The third-order valence-electron chi connectivity index (χ3n) is 9.09. The van der Waals surface area contributed by atoms with Gasteiger partial charge in [0.25, 0.3) is 5.69 Å². The van der Waals surface area contributed by atoms with Crippen LogP contribution in [0.5, 0.6) is 0 Å². The fraction of sp³-hybridized carbons (Fsp3) is 0.457. The molecule has 12 heteroatoms. The second-order valence-electron chi connectivity index (χ2n) is 12.0. The molecular weight excluding hydrogens is 602 g/mol. The molecule has 2 aromatic carbocycles. The van der Waals surface area contributed by atoms with E-state index < -0.39 is 16.3 Å². The molecule has 1 saturated heterocycles. The second-order valence-corrected chi connectivity index (χ2v) is 12.0. The first kappa shape index (κ1) is 35.5. The molecule has 0 aromatic heterocycles. The number of rotatable bonds is 16. The van der Waals surface area contributed by atoms with Crippen LogP contribution in [0.3, 0.4) is 0 Å². The van der Waals surface area contributed by atoms with Crippen molar-refractivity contribution in [3.8, 4) is 0 Å². The summed E-state index contributed by atoms with van der Waals surface area (Å²) >= 11 is 0. The number of carbonyl (C=O) groups is 3. The highest BCUT2D eigenvalue weighted by Gasteiger charge is 2.44. The molecule has 1 amide bonds. The number of likely N-dealkylation sites (tertiary alicyclic amines) is 1. The number of hydrogen-bond donors (Lipinski definition) is 2. The van der Waals surface area contributed by atoms with Crippen LogP contribution in [0.25, 0.3) is 0 Å². The van der Waals surface area contributed by atoms with E-state index in [1.54, 1.807) is 24.0 Å². The van der Waals surface area contributed by atoms with Gasteiger partial charge in [-0.05, 0) is 76.8 Å². The first-order valence-corrected chi connectivity index (χ1v) is 16.0. The van der Waals surface area contributed by atoms with Crippen molar-refractivity contribution < 1.29 is 28.8 Å². The van der Waals surface area contributed by atoms with Gasteiger partial charge in [0, 0.05) is 36.6 Å². The van der Waals surface area contributed by atoms with Crippen LogP contribution in [-0.4, -0.2) is 85.9 Å². The molecule has 3 N–H and O–H groups in total. The van der Waals surface area contributed by atoms with Crippen LogP contribution < -0.4 is 11.1 Å². The number of nitro groups is 1. The molecule has 47 heavy (non-hydrogen) atoms. The number of ketones is 1. The lowest BCUT2D eigenvalue weighted by molar-refractivity contribution is -0.384. The summed E-state index contributed by atoms with van der Waals surface area (Å²) in [6.07, 6.45) is 3.30. The minimum absolute atomic E-state index is 0.0686. The zero-order valence-electron chi connectivity index (χ0n) is 27.4. The lowest BCUT2D eigenvalue weighted by Crippen LogP contribution is -2.48. The van der Waals surface area contributed by atoms with Crippen molar-refractivity contribution >= 4 is 23.9 Å². The number of esters is 1. The van der Waals surface area contributed by atoms with E-state index in [1.165, 1.54) is 26.2 Å². The second kappa shape index (κ2) is 16.4.